The summed E-state index contributed by atoms with van der Waals surface area (Å²) in [5.41, 5.74) is 0.180. The molecule has 5 atom stereocenters. The molecule has 5 unspecified atom stereocenters. The van der Waals surface area contributed by atoms with Gasteiger partial charge in [-0.05, 0) is 85.3 Å². The van der Waals surface area contributed by atoms with Crippen molar-refractivity contribution >= 4 is 23.6 Å². The Morgan fingerprint density at radius 2 is 1.74 bits per heavy atom. The monoisotopic (exact) mass is 473 g/mol. The van der Waals surface area contributed by atoms with Gasteiger partial charge in [0.1, 0.15) is 11.2 Å². The summed E-state index contributed by atoms with van der Waals surface area (Å²) in [5.74, 6) is -2.26. The van der Waals surface area contributed by atoms with Gasteiger partial charge >= 0.3 is 5.97 Å². The van der Waals surface area contributed by atoms with E-state index >= 15 is 0 Å². The number of aryl methyl sites for hydroxylation is 1. The third-order valence-electron chi connectivity index (χ3n) is 9.34. The number of aromatic hydroxyl groups is 1. The minimum absolute atomic E-state index is 0.125. The fourth-order valence-corrected chi connectivity index (χ4v) is 7.60. The fourth-order valence-electron chi connectivity index (χ4n) is 7.60. The number of phenols is 1. The van der Waals surface area contributed by atoms with Crippen LogP contribution in [0.25, 0.3) is 0 Å². The number of carbonyl (C=O) groups excluding carboxylic acids is 3. The second kappa shape index (κ2) is 7.26. The van der Waals surface area contributed by atoms with Crippen molar-refractivity contribution in [2.75, 3.05) is 6.54 Å². The van der Waals surface area contributed by atoms with E-state index in [9.17, 15) is 29.4 Å². The molecule has 7 nitrogen and oxygen atoms in total. The molecule has 4 aliphatic rings. The van der Waals surface area contributed by atoms with Crippen molar-refractivity contribution in [3.8, 4) is 5.75 Å². The van der Waals surface area contributed by atoms with E-state index < -0.39 is 35.2 Å². The van der Waals surface area contributed by atoms with Crippen molar-refractivity contribution in [1.29, 1.82) is 0 Å². The molecule has 35 heavy (non-hydrogen) atoms. The van der Waals surface area contributed by atoms with Gasteiger partial charge in [-0.2, -0.15) is 0 Å². The highest BCUT2D eigenvalue weighted by atomic mass is 16.4. The van der Waals surface area contributed by atoms with E-state index in [1.165, 1.54) is 5.56 Å². The number of phenolic OH excluding ortho intramolecular Hbond substituents is 1. The van der Waals surface area contributed by atoms with Gasteiger partial charge in [0.2, 0.25) is 0 Å². The molecule has 1 heterocycles. The number of fused-ring (bicyclic) bond motifs is 6. The number of amides is 2. The minimum atomic E-state index is -1.81. The molecule has 0 radical (unpaired) electrons. The molecule has 2 amide bonds. The number of nitrogens with zero attached hydrogens (tertiary/aromatic N) is 1. The van der Waals surface area contributed by atoms with Crippen molar-refractivity contribution in [3.05, 3.63) is 64.7 Å². The van der Waals surface area contributed by atoms with E-state index in [-0.39, 0.29) is 46.8 Å². The van der Waals surface area contributed by atoms with Gasteiger partial charge in [-0.15, -0.1) is 0 Å². The highest BCUT2D eigenvalue weighted by Crippen LogP contribution is 2.64. The first-order valence-corrected chi connectivity index (χ1v) is 12.2. The van der Waals surface area contributed by atoms with Crippen LogP contribution in [0.15, 0.2) is 42.5 Å². The summed E-state index contributed by atoms with van der Waals surface area (Å²) in [6.45, 7) is 1.46. The van der Waals surface area contributed by atoms with Gasteiger partial charge in [0.25, 0.3) is 11.8 Å². The summed E-state index contributed by atoms with van der Waals surface area (Å²) in [4.78, 5) is 53.8. The maximum absolute atomic E-state index is 14.0. The zero-order valence-corrected chi connectivity index (χ0v) is 19.5. The van der Waals surface area contributed by atoms with Crippen LogP contribution >= 0.6 is 0 Å². The van der Waals surface area contributed by atoms with Gasteiger partial charge in [0.05, 0.1) is 17.7 Å². The molecule has 180 valence electrons. The van der Waals surface area contributed by atoms with Crippen molar-refractivity contribution < 1.29 is 29.4 Å². The number of Topliss-reactive ketones (excluding diaryl/α,β-unsaturated/α-hetero) is 1. The molecular formula is C28H27NO6. The van der Waals surface area contributed by atoms with Gasteiger partial charge in [-0.1, -0.05) is 25.1 Å². The summed E-state index contributed by atoms with van der Waals surface area (Å²) in [7, 11) is 0. The van der Waals surface area contributed by atoms with Crippen molar-refractivity contribution in [2.45, 2.75) is 44.9 Å². The van der Waals surface area contributed by atoms with Crippen LogP contribution < -0.4 is 0 Å². The fraction of sp³-hybridized carbons (Fsp3) is 0.429. The SMILES string of the molecule is CC12CCC3c4ccc(O)cc4CCC3C1CC(CN1C(=O)c3ccccc3C1=O)(C(=O)O)C2=O. The van der Waals surface area contributed by atoms with Crippen molar-refractivity contribution in [2.24, 2.45) is 22.7 Å². The lowest BCUT2D eigenvalue weighted by Gasteiger charge is -2.48. The van der Waals surface area contributed by atoms with Crippen LogP contribution in [-0.4, -0.2) is 45.2 Å². The molecule has 6 rings (SSSR count). The summed E-state index contributed by atoms with van der Waals surface area (Å²) in [6.07, 6.45) is 3.04. The third-order valence-corrected chi connectivity index (χ3v) is 9.34. The molecule has 7 heteroatoms. The molecule has 1 aliphatic heterocycles. The minimum Gasteiger partial charge on any atom is -0.508 e. The first kappa shape index (κ1) is 22.0. The Hall–Kier alpha value is -3.48. The molecule has 0 aromatic heterocycles. The van der Waals surface area contributed by atoms with E-state index in [1.54, 1.807) is 30.3 Å². The Bertz CT molecular complexity index is 1280. The summed E-state index contributed by atoms with van der Waals surface area (Å²) in [5, 5.41) is 20.3. The smallest absolute Gasteiger partial charge is 0.319 e. The zero-order chi connectivity index (χ0) is 24.7. The van der Waals surface area contributed by atoms with E-state index in [2.05, 4.69) is 0 Å². The zero-order valence-electron chi connectivity index (χ0n) is 19.5. The van der Waals surface area contributed by atoms with Gasteiger partial charge < -0.3 is 10.2 Å². The van der Waals surface area contributed by atoms with Crippen LogP contribution in [0, 0.1) is 22.7 Å². The number of ketones is 1. The lowest BCUT2D eigenvalue weighted by Crippen LogP contribution is -2.50. The Balaban J connectivity index is 1.36. The lowest BCUT2D eigenvalue weighted by atomic mass is 9.55. The van der Waals surface area contributed by atoms with Crippen LogP contribution in [0.5, 0.6) is 5.75 Å². The Kier molecular flexibility index (Phi) is 4.57. The number of hydrogen-bond acceptors (Lipinski definition) is 5. The van der Waals surface area contributed by atoms with Crippen LogP contribution in [-0.2, 0) is 16.0 Å². The third kappa shape index (κ3) is 2.84. The topological polar surface area (TPSA) is 112 Å². The molecular weight excluding hydrogens is 446 g/mol. The van der Waals surface area contributed by atoms with E-state index in [0.717, 1.165) is 29.7 Å². The standard InChI is InChI=1S/C28H27NO6/c1-27-11-10-18-17-9-7-16(30)12-15(17)6-8-19(18)22(27)13-28(25(27)33,26(34)35)14-29-23(31)20-4-2-3-5-21(20)24(29)32/h2-5,7,9,12,18-19,22,30H,6,8,10-11,13-14H2,1H3,(H,34,35). The van der Waals surface area contributed by atoms with Crippen LogP contribution in [0.3, 0.4) is 0 Å². The van der Waals surface area contributed by atoms with Crippen molar-refractivity contribution in [1.82, 2.24) is 4.90 Å². The summed E-state index contributed by atoms with van der Waals surface area (Å²) < 4.78 is 0. The molecule has 2 fully saturated rings. The molecule has 2 aromatic rings. The van der Waals surface area contributed by atoms with E-state index in [1.807, 2.05) is 19.1 Å². The Morgan fingerprint density at radius 1 is 1.06 bits per heavy atom. The maximum Gasteiger partial charge on any atom is 0.319 e. The molecule has 0 saturated heterocycles. The van der Waals surface area contributed by atoms with E-state index in [4.69, 9.17) is 0 Å². The largest absolute Gasteiger partial charge is 0.508 e. The molecule has 0 spiro atoms. The number of aliphatic carboxylic acids is 1. The highest BCUT2D eigenvalue weighted by Gasteiger charge is 2.68. The number of hydrogen-bond donors (Lipinski definition) is 2. The normalized spacial score (nSPS) is 33.2. The van der Waals surface area contributed by atoms with Gasteiger partial charge in [0.15, 0.2) is 5.78 Å². The predicted octanol–water partition coefficient (Wildman–Crippen LogP) is 3.79. The molecule has 0 bridgehead atoms. The van der Waals surface area contributed by atoms with Gasteiger partial charge in [-0.25, -0.2) is 0 Å². The first-order chi connectivity index (χ1) is 16.7. The van der Waals surface area contributed by atoms with Crippen LogP contribution in [0.2, 0.25) is 0 Å². The van der Waals surface area contributed by atoms with Crippen molar-refractivity contribution in [3.63, 3.8) is 0 Å². The average molecular weight is 474 g/mol. The lowest BCUT2D eigenvalue weighted by molar-refractivity contribution is -0.155. The van der Waals surface area contributed by atoms with Crippen LogP contribution in [0.4, 0.5) is 0 Å². The number of rotatable bonds is 3. The Labute approximate surface area is 202 Å². The molecule has 2 N–H and O–H groups in total. The van der Waals surface area contributed by atoms with Crippen LogP contribution in [0.1, 0.15) is 70.4 Å². The predicted molar refractivity (Wildman–Crippen MR) is 125 cm³/mol. The molecule has 2 saturated carbocycles. The molecule has 3 aliphatic carbocycles. The van der Waals surface area contributed by atoms with Gasteiger partial charge in [0, 0.05) is 5.41 Å². The number of carbonyl (C=O) groups is 4. The second-order valence-corrected chi connectivity index (χ2v) is 10.9. The summed E-state index contributed by atoms with van der Waals surface area (Å²) in [6, 6.07) is 11.9. The number of carboxylic acids is 1. The number of imide groups is 1. The van der Waals surface area contributed by atoms with Gasteiger partial charge in [-0.3, -0.25) is 24.1 Å². The average Bonchev–Trinajstić information content (AvgIpc) is 3.22. The molecule has 2 aromatic carbocycles. The van der Waals surface area contributed by atoms with E-state index in [0.29, 0.717) is 6.42 Å². The maximum atomic E-state index is 14.0. The quantitative estimate of drug-likeness (QED) is 0.518. The number of benzene rings is 2. The number of carboxylic acid groups (broad SMARTS) is 1. The highest BCUT2D eigenvalue weighted by molar-refractivity contribution is 6.22. The first-order valence-electron chi connectivity index (χ1n) is 12.2. The summed E-state index contributed by atoms with van der Waals surface area (Å²) >= 11 is 0. The Morgan fingerprint density at radius 3 is 2.40 bits per heavy atom. The second-order valence-electron chi connectivity index (χ2n) is 10.9.